The number of carbonyl (C=O) groups excluding carboxylic acids is 2. The van der Waals surface area contributed by atoms with E-state index in [1.807, 2.05) is 36.0 Å². The molecule has 2 amide bonds. The Morgan fingerprint density at radius 3 is 2.54 bits per heavy atom. The molecule has 50 heavy (non-hydrogen) atoms. The number of aromatic nitrogens is 3. The highest BCUT2D eigenvalue weighted by molar-refractivity contribution is 5.97. The molecule has 2 aromatic heterocycles. The van der Waals surface area contributed by atoms with Crippen molar-refractivity contribution in [1.29, 1.82) is 0 Å². The molecule has 2 aliphatic heterocycles. The number of hydrogen-bond acceptors (Lipinski definition) is 9. The van der Waals surface area contributed by atoms with Crippen LogP contribution in [0.4, 0.5) is 5.69 Å². The largest absolute Gasteiger partial charge is 0.496 e. The minimum atomic E-state index is -0.350. The molecule has 2 fully saturated rings. The number of likely N-dealkylation sites (tertiary alicyclic amines) is 1. The lowest BCUT2D eigenvalue weighted by molar-refractivity contribution is -0.129. The van der Waals surface area contributed by atoms with Crippen LogP contribution in [0.3, 0.4) is 0 Å². The van der Waals surface area contributed by atoms with Gasteiger partial charge in [0.1, 0.15) is 12.2 Å². The number of anilines is 1. The summed E-state index contributed by atoms with van der Waals surface area (Å²) < 4.78 is 13.2. The van der Waals surface area contributed by atoms with Crippen molar-refractivity contribution in [1.82, 2.24) is 30.3 Å². The molecule has 4 heterocycles. The number of nitrogens with one attached hydrogen (secondary N) is 3. The van der Waals surface area contributed by atoms with Gasteiger partial charge in [-0.15, -0.1) is 0 Å². The second-order valence-corrected chi connectivity index (χ2v) is 13.2. The summed E-state index contributed by atoms with van der Waals surface area (Å²) in [6.07, 6.45) is 5.08. The number of rotatable bonds is 14. The number of ether oxygens (including phenoxy) is 2. The number of nitrogens with two attached hydrogens (primary N) is 1. The highest BCUT2D eigenvalue weighted by Crippen LogP contribution is 2.33. The van der Waals surface area contributed by atoms with E-state index < -0.39 is 0 Å². The lowest BCUT2D eigenvalue weighted by Gasteiger charge is -2.26. The first-order chi connectivity index (χ1) is 24.3. The fourth-order valence-electron chi connectivity index (χ4n) is 6.95. The van der Waals surface area contributed by atoms with Crippen LogP contribution in [0.1, 0.15) is 61.9 Å². The Morgan fingerprint density at radius 1 is 1.02 bits per heavy atom. The van der Waals surface area contributed by atoms with Gasteiger partial charge in [-0.25, -0.2) is 9.67 Å². The second kappa shape index (κ2) is 16.5. The summed E-state index contributed by atoms with van der Waals surface area (Å²) in [6.45, 7) is 9.55. The van der Waals surface area contributed by atoms with Crippen molar-refractivity contribution < 1.29 is 19.1 Å². The zero-order chi connectivity index (χ0) is 35.0. The van der Waals surface area contributed by atoms with Crippen molar-refractivity contribution in [2.24, 2.45) is 5.73 Å². The molecule has 12 heteroatoms. The van der Waals surface area contributed by atoms with Gasteiger partial charge in [-0.2, -0.15) is 5.10 Å². The molecule has 2 aliphatic rings. The van der Waals surface area contributed by atoms with Crippen molar-refractivity contribution >= 4 is 28.5 Å². The first-order valence-electron chi connectivity index (χ1n) is 17.8. The van der Waals surface area contributed by atoms with E-state index >= 15 is 0 Å². The number of benzene rings is 2. The first kappa shape index (κ1) is 35.3. The Kier molecular flexibility index (Phi) is 11.6. The molecule has 4 aromatic rings. The van der Waals surface area contributed by atoms with E-state index in [0.29, 0.717) is 26.2 Å². The van der Waals surface area contributed by atoms with Crippen LogP contribution in [0.25, 0.3) is 22.2 Å². The fourth-order valence-corrected chi connectivity index (χ4v) is 6.95. The number of hydrogen-bond donors (Lipinski definition) is 4. The molecule has 266 valence electrons. The van der Waals surface area contributed by atoms with Gasteiger partial charge in [-0.3, -0.25) is 14.5 Å². The molecule has 2 saturated heterocycles. The zero-order valence-corrected chi connectivity index (χ0v) is 29.5. The normalized spacial score (nSPS) is 16.8. The van der Waals surface area contributed by atoms with Gasteiger partial charge in [0.15, 0.2) is 5.65 Å². The smallest absolute Gasteiger partial charge is 0.229 e. The van der Waals surface area contributed by atoms with Crippen molar-refractivity contribution in [2.75, 3.05) is 38.7 Å². The van der Waals surface area contributed by atoms with Gasteiger partial charge in [0.2, 0.25) is 11.8 Å². The lowest BCUT2D eigenvalue weighted by atomic mass is 9.99. The van der Waals surface area contributed by atoms with E-state index in [1.54, 1.807) is 7.11 Å². The molecule has 0 unspecified atom stereocenters. The molecule has 0 bridgehead atoms. The van der Waals surface area contributed by atoms with Crippen molar-refractivity contribution in [3.63, 3.8) is 0 Å². The predicted molar refractivity (Wildman–Crippen MR) is 195 cm³/mol. The SMILES string of the molecule is CCc1nc2c(cnn2CC)c(NC2CCOCC2)c1CNC(=O)CC(=O)NCc1ccc(OC)c(-c2cccc(CN3CC[C@H](N)C3)c2)c1. The van der Waals surface area contributed by atoms with Gasteiger partial charge in [0.25, 0.3) is 0 Å². The van der Waals surface area contributed by atoms with E-state index in [1.165, 1.54) is 5.56 Å². The number of nitrogens with zero attached hydrogens (tertiary/aromatic N) is 4. The Morgan fingerprint density at radius 2 is 1.82 bits per heavy atom. The van der Waals surface area contributed by atoms with Gasteiger partial charge in [0, 0.05) is 81.4 Å². The maximum atomic E-state index is 13.1. The average Bonchev–Trinajstić information content (AvgIpc) is 3.75. The monoisotopic (exact) mass is 682 g/mol. The highest BCUT2D eigenvalue weighted by Gasteiger charge is 2.23. The van der Waals surface area contributed by atoms with Crippen LogP contribution in [0.15, 0.2) is 48.7 Å². The van der Waals surface area contributed by atoms with Gasteiger partial charge in [-0.05, 0) is 67.5 Å². The summed E-state index contributed by atoms with van der Waals surface area (Å²) in [7, 11) is 1.66. The maximum Gasteiger partial charge on any atom is 0.229 e. The molecule has 5 N–H and O–H groups in total. The highest BCUT2D eigenvalue weighted by atomic mass is 16.5. The summed E-state index contributed by atoms with van der Waals surface area (Å²) in [5.74, 6) is 0.0588. The topological polar surface area (TPSA) is 149 Å². The van der Waals surface area contributed by atoms with E-state index in [0.717, 1.165) is 89.3 Å². The van der Waals surface area contributed by atoms with E-state index in [4.69, 9.17) is 20.2 Å². The Hall–Kier alpha value is -4.52. The summed E-state index contributed by atoms with van der Waals surface area (Å²) in [6, 6.07) is 14.8. The van der Waals surface area contributed by atoms with E-state index in [2.05, 4.69) is 57.1 Å². The van der Waals surface area contributed by atoms with Crippen molar-refractivity contribution in [3.8, 4) is 16.9 Å². The van der Waals surface area contributed by atoms with Crippen LogP contribution in [0.2, 0.25) is 0 Å². The Balaban J connectivity index is 1.09. The van der Waals surface area contributed by atoms with Crippen molar-refractivity contribution in [3.05, 3.63) is 71.0 Å². The number of carbonyl (C=O) groups is 2. The van der Waals surface area contributed by atoms with Crippen LogP contribution in [-0.4, -0.2) is 77.0 Å². The Bertz CT molecular complexity index is 1800. The minimum Gasteiger partial charge on any atom is -0.496 e. The summed E-state index contributed by atoms with van der Waals surface area (Å²) >= 11 is 0. The quantitative estimate of drug-likeness (QED) is 0.144. The van der Waals surface area contributed by atoms with Gasteiger partial charge >= 0.3 is 0 Å². The number of aryl methyl sites for hydroxylation is 2. The molecule has 0 radical (unpaired) electrons. The number of fused-ring (bicyclic) bond motifs is 1. The molecular weight excluding hydrogens is 632 g/mol. The number of pyridine rings is 1. The minimum absolute atomic E-state index is 0.243. The third-order valence-corrected chi connectivity index (χ3v) is 9.67. The molecule has 0 saturated carbocycles. The van der Waals surface area contributed by atoms with Crippen molar-refractivity contribution in [2.45, 2.75) is 84.2 Å². The summed E-state index contributed by atoms with van der Waals surface area (Å²) in [4.78, 5) is 33.4. The molecule has 12 nitrogen and oxygen atoms in total. The molecule has 2 aromatic carbocycles. The zero-order valence-electron chi connectivity index (χ0n) is 29.5. The summed E-state index contributed by atoms with van der Waals surface area (Å²) in [5.41, 5.74) is 13.8. The third kappa shape index (κ3) is 8.43. The maximum absolute atomic E-state index is 13.1. The van der Waals surface area contributed by atoms with Crippen LogP contribution in [0, 0.1) is 0 Å². The van der Waals surface area contributed by atoms with Crippen LogP contribution in [0.5, 0.6) is 5.75 Å². The molecule has 0 aliphatic carbocycles. The first-order valence-corrected chi connectivity index (χ1v) is 17.8. The van der Waals surface area contributed by atoms with E-state index in [-0.39, 0.29) is 43.4 Å². The standard InChI is InChI=1S/C38H50N8O4/c1-4-33-31(37(43-29-12-15-50-16-13-29)32-22-42-46(5-2)38(32)44-33)21-41-36(48)19-35(47)40-20-25-9-10-34(49-3)30(18-25)27-8-6-7-26(17-27)23-45-14-11-28(39)24-45/h6-10,17-18,22,28-29H,4-5,11-16,19-21,23-24,39H2,1-3H3,(H,40,47)(H,41,48)(H,43,44)/t28-/m0/s1. The fraction of sp³-hybridized carbons (Fsp3) is 0.474. The number of methoxy groups -OCH3 is 1. The average molecular weight is 683 g/mol. The summed E-state index contributed by atoms with van der Waals surface area (Å²) in [5, 5.41) is 15.1. The van der Waals surface area contributed by atoms with E-state index in [9.17, 15) is 9.59 Å². The molecule has 6 rings (SSSR count). The number of amides is 2. The lowest BCUT2D eigenvalue weighted by Crippen LogP contribution is -2.32. The molecule has 0 spiro atoms. The molecular formula is C38H50N8O4. The van der Waals surface area contributed by atoms with Crippen LogP contribution < -0.4 is 26.4 Å². The molecule has 1 atom stereocenters. The second-order valence-electron chi connectivity index (χ2n) is 13.2. The van der Waals surface area contributed by atoms with Crippen LogP contribution >= 0.6 is 0 Å². The van der Waals surface area contributed by atoms with Crippen LogP contribution in [-0.2, 0) is 46.9 Å². The predicted octanol–water partition coefficient (Wildman–Crippen LogP) is 4.14. The van der Waals surface area contributed by atoms with Gasteiger partial charge < -0.3 is 31.2 Å². The third-order valence-electron chi connectivity index (χ3n) is 9.67. The van der Waals surface area contributed by atoms with Gasteiger partial charge in [0.05, 0.1) is 24.4 Å². The Labute approximate surface area is 294 Å². The van der Waals surface area contributed by atoms with Gasteiger partial charge in [-0.1, -0.05) is 31.2 Å².